The van der Waals surface area contributed by atoms with Crippen molar-refractivity contribution in [2.45, 2.75) is 45.6 Å². The van der Waals surface area contributed by atoms with Crippen molar-refractivity contribution in [1.29, 1.82) is 0 Å². The fourth-order valence-corrected chi connectivity index (χ4v) is 3.93. The lowest BCUT2D eigenvalue weighted by atomic mass is 9.65. The molecule has 2 fully saturated rings. The van der Waals surface area contributed by atoms with E-state index in [4.69, 9.17) is 4.74 Å². The number of ketones is 1. The Kier molecular flexibility index (Phi) is 4.69. The third kappa shape index (κ3) is 3.74. The number of hydrogen-bond acceptors (Lipinski definition) is 3. The average Bonchev–Trinajstić information content (AvgIpc) is 2.58. The minimum Gasteiger partial charge on any atom is -0.445 e. The molecule has 1 aromatic rings. The second-order valence-corrected chi connectivity index (χ2v) is 7.10. The van der Waals surface area contributed by atoms with E-state index in [1.54, 1.807) is 0 Å². The summed E-state index contributed by atoms with van der Waals surface area (Å²) in [6.45, 7) is 3.86. The van der Waals surface area contributed by atoms with Gasteiger partial charge in [-0.15, -0.1) is 0 Å². The van der Waals surface area contributed by atoms with Crippen LogP contribution in [0.4, 0.5) is 4.79 Å². The molecule has 0 N–H and O–H groups in total. The van der Waals surface area contributed by atoms with Crippen LogP contribution in [0.5, 0.6) is 0 Å². The Balaban J connectivity index is 1.49. The molecule has 0 radical (unpaired) electrons. The molecule has 1 unspecified atom stereocenters. The number of Topliss-reactive ketones (excluding diaryl/α,β-unsaturated/α-hetero) is 1. The first-order valence-corrected chi connectivity index (χ1v) is 8.56. The molecule has 0 aromatic heterocycles. The second-order valence-electron chi connectivity index (χ2n) is 7.10. The van der Waals surface area contributed by atoms with E-state index >= 15 is 0 Å². The molecule has 1 aromatic carbocycles. The standard InChI is InChI=1S/C19H25NO3/c1-15-13-19(8-7-17(15)21)9-11-20(12-10-19)18(22)23-14-16-5-3-2-4-6-16/h2-6,15H,7-14H2,1H3. The van der Waals surface area contributed by atoms with Crippen molar-refractivity contribution < 1.29 is 14.3 Å². The van der Waals surface area contributed by atoms with Crippen LogP contribution in [-0.4, -0.2) is 29.9 Å². The molecule has 4 heteroatoms. The molecule has 4 nitrogen and oxygen atoms in total. The zero-order valence-corrected chi connectivity index (χ0v) is 13.8. The predicted molar refractivity (Wildman–Crippen MR) is 87.9 cm³/mol. The van der Waals surface area contributed by atoms with Gasteiger partial charge in [-0.05, 0) is 36.7 Å². The first-order valence-electron chi connectivity index (χ1n) is 8.56. The van der Waals surface area contributed by atoms with Gasteiger partial charge < -0.3 is 9.64 Å². The number of piperidine rings is 1. The summed E-state index contributed by atoms with van der Waals surface area (Å²) in [5, 5.41) is 0. The van der Waals surface area contributed by atoms with Crippen LogP contribution in [-0.2, 0) is 16.1 Å². The smallest absolute Gasteiger partial charge is 0.410 e. The number of likely N-dealkylation sites (tertiary alicyclic amines) is 1. The van der Waals surface area contributed by atoms with Crippen molar-refractivity contribution in [2.24, 2.45) is 11.3 Å². The van der Waals surface area contributed by atoms with Crippen LogP contribution < -0.4 is 0 Å². The van der Waals surface area contributed by atoms with Crippen molar-refractivity contribution in [2.75, 3.05) is 13.1 Å². The van der Waals surface area contributed by atoms with Crippen molar-refractivity contribution in [1.82, 2.24) is 4.90 Å². The molecule has 1 spiro atoms. The Morgan fingerprint density at radius 3 is 2.57 bits per heavy atom. The quantitative estimate of drug-likeness (QED) is 0.834. The molecular formula is C19H25NO3. The largest absolute Gasteiger partial charge is 0.445 e. The Morgan fingerprint density at radius 2 is 1.91 bits per heavy atom. The highest BCUT2D eigenvalue weighted by Gasteiger charge is 2.41. The van der Waals surface area contributed by atoms with Crippen molar-refractivity contribution in [3.05, 3.63) is 35.9 Å². The summed E-state index contributed by atoms with van der Waals surface area (Å²) in [7, 11) is 0. The molecule has 3 rings (SSSR count). The van der Waals surface area contributed by atoms with Crippen LogP contribution in [0.1, 0.15) is 44.6 Å². The molecule has 1 saturated carbocycles. The lowest BCUT2D eigenvalue weighted by Gasteiger charge is -2.45. The fraction of sp³-hybridized carbons (Fsp3) is 0.579. The second kappa shape index (κ2) is 6.73. The molecule has 23 heavy (non-hydrogen) atoms. The van der Waals surface area contributed by atoms with Gasteiger partial charge in [0.05, 0.1) is 0 Å². The van der Waals surface area contributed by atoms with Gasteiger partial charge in [-0.25, -0.2) is 4.79 Å². The van der Waals surface area contributed by atoms with Gasteiger partial charge in [0.25, 0.3) is 0 Å². The summed E-state index contributed by atoms with van der Waals surface area (Å²) >= 11 is 0. The molecule has 124 valence electrons. The summed E-state index contributed by atoms with van der Waals surface area (Å²) in [5.74, 6) is 0.584. The van der Waals surface area contributed by atoms with E-state index in [1.165, 1.54) is 0 Å². The Morgan fingerprint density at radius 1 is 1.22 bits per heavy atom. The highest BCUT2D eigenvalue weighted by molar-refractivity contribution is 5.81. The maximum Gasteiger partial charge on any atom is 0.410 e. The molecule has 0 bridgehead atoms. The van der Waals surface area contributed by atoms with E-state index in [0.29, 0.717) is 18.8 Å². The van der Waals surface area contributed by atoms with Crippen molar-refractivity contribution in [3.63, 3.8) is 0 Å². The highest BCUT2D eigenvalue weighted by atomic mass is 16.6. The molecular weight excluding hydrogens is 290 g/mol. The lowest BCUT2D eigenvalue weighted by molar-refractivity contribution is -0.127. The maximum absolute atomic E-state index is 12.2. The lowest BCUT2D eigenvalue weighted by Crippen LogP contribution is -2.46. The number of amides is 1. The van der Waals surface area contributed by atoms with Gasteiger partial charge in [-0.3, -0.25) is 4.79 Å². The molecule has 1 saturated heterocycles. The molecule has 1 heterocycles. The fourth-order valence-electron chi connectivity index (χ4n) is 3.93. The van der Waals surface area contributed by atoms with Crippen molar-refractivity contribution in [3.8, 4) is 0 Å². The van der Waals surface area contributed by atoms with Crippen LogP contribution in [0, 0.1) is 11.3 Å². The van der Waals surface area contributed by atoms with Crippen LogP contribution >= 0.6 is 0 Å². The van der Waals surface area contributed by atoms with Crippen molar-refractivity contribution >= 4 is 11.9 Å². The average molecular weight is 315 g/mol. The summed E-state index contributed by atoms with van der Waals surface area (Å²) in [4.78, 5) is 25.8. The summed E-state index contributed by atoms with van der Waals surface area (Å²) in [6.07, 6.45) is 4.45. The summed E-state index contributed by atoms with van der Waals surface area (Å²) in [6, 6.07) is 9.75. The van der Waals surface area contributed by atoms with E-state index in [-0.39, 0.29) is 17.4 Å². The third-order valence-electron chi connectivity index (χ3n) is 5.48. The highest BCUT2D eigenvalue weighted by Crippen LogP contribution is 2.45. The van der Waals surface area contributed by atoms with E-state index in [0.717, 1.165) is 44.3 Å². The molecule has 1 aliphatic carbocycles. The van der Waals surface area contributed by atoms with Gasteiger partial charge in [-0.1, -0.05) is 37.3 Å². The molecule has 1 atom stereocenters. The van der Waals surface area contributed by atoms with Gasteiger partial charge in [0.15, 0.2) is 0 Å². The van der Waals surface area contributed by atoms with Crippen LogP contribution in [0.3, 0.4) is 0 Å². The van der Waals surface area contributed by atoms with E-state index in [2.05, 4.69) is 0 Å². The van der Waals surface area contributed by atoms with Crippen LogP contribution in [0.2, 0.25) is 0 Å². The summed E-state index contributed by atoms with van der Waals surface area (Å²) < 4.78 is 5.41. The SMILES string of the molecule is CC1CC2(CCC1=O)CCN(C(=O)OCc1ccccc1)CC2. The monoisotopic (exact) mass is 315 g/mol. The normalized spacial score (nSPS) is 23.8. The minimum absolute atomic E-state index is 0.181. The zero-order chi connectivity index (χ0) is 16.3. The van der Waals surface area contributed by atoms with Gasteiger partial charge in [-0.2, -0.15) is 0 Å². The van der Waals surface area contributed by atoms with Gasteiger partial charge in [0.2, 0.25) is 0 Å². The Hall–Kier alpha value is -1.84. The first-order chi connectivity index (χ1) is 11.1. The number of hydrogen-bond donors (Lipinski definition) is 0. The number of benzene rings is 1. The predicted octanol–water partition coefficient (Wildman–Crippen LogP) is 3.79. The van der Waals surface area contributed by atoms with Gasteiger partial charge >= 0.3 is 6.09 Å². The third-order valence-corrected chi connectivity index (χ3v) is 5.48. The molecule has 2 aliphatic rings. The number of ether oxygens (including phenoxy) is 1. The Bertz CT molecular complexity index is 561. The minimum atomic E-state index is -0.219. The van der Waals surface area contributed by atoms with E-state index in [1.807, 2.05) is 42.2 Å². The Labute approximate surface area is 137 Å². The van der Waals surface area contributed by atoms with Crippen LogP contribution in [0.15, 0.2) is 30.3 Å². The number of rotatable bonds is 2. The van der Waals surface area contributed by atoms with Gasteiger partial charge in [0, 0.05) is 25.4 Å². The van der Waals surface area contributed by atoms with Crippen LogP contribution in [0.25, 0.3) is 0 Å². The topological polar surface area (TPSA) is 46.6 Å². The maximum atomic E-state index is 12.2. The van der Waals surface area contributed by atoms with E-state index in [9.17, 15) is 9.59 Å². The van der Waals surface area contributed by atoms with Gasteiger partial charge in [0.1, 0.15) is 12.4 Å². The number of carbonyl (C=O) groups excluding carboxylic acids is 2. The number of carbonyl (C=O) groups is 2. The number of nitrogens with zero attached hydrogens (tertiary/aromatic N) is 1. The van der Waals surface area contributed by atoms with E-state index < -0.39 is 0 Å². The first kappa shape index (κ1) is 16.0. The molecule has 1 aliphatic heterocycles. The molecule has 1 amide bonds. The zero-order valence-electron chi connectivity index (χ0n) is 13.8. The summed E-state index contributed by atoms with van der Waals surface area (Å²) in [5.41, 5.74) is 1.28.